The minimum Gasteiger partial charge on any atom is -0.298 e. The van der Waals surface area contributed by atoms with Crippen LogP contribution in [0, 0.1) is 0 Å². The van der Waals surface area contributed by atoms with Crippen LogP contribution in [0.3, 0.4) is 0 Å². The fourth-order valence-electron chi connectivity index (χ4n) is 2.07. The van der Waals surface area contributed by atoms with Crippen LogP contribution in [-0.4, -0.2) is 55.6 Å². The van der Waals surface area contributed by atoms with Gasteiger partial charge in [-0.2, -0.15) is 4.31 Å². The molecule has 0 amide bonds. The van der Waals surface area contributed by atoms with Crippen molar-refractivity contribution in [2.45, 2.75) is 33.2 Å². The molecule has 0 aliphatic carbocycles. The highest BCUT2D eigenvalue weighted by atomic mass is 32.2. The van der Waals surface area contributed by atoms with Crippen LogP contribution < -0.4 is 0 Å². The highest BCUT2D eigenvalue weighted by Gasteiger charge is 2.29. The van der Waals surface area contributed by atoms with Crippen molar-refractivity contribution in [1.29, 1.82) is 0 Å². The third-order valence-corrected chi connectivity index (χ3v) is 5.03. The first-order valence-corrected chi connectivity index (χ1v) is 7.34. The largest absolute Gasteiger partial charge is 0.298 e. The molecule has 90 valence electrons. The first-order chi connectivity index (χ1) is 7.01. The van der Waals surface area contributed by atoms with E-state index in [0.29, 0.717) is 25.6 Å². The molecule has 0 bridgehead atoms. The summed E-state index contributed by atoms with van der Waals surface area (Å²) in [6.45, 7) is 9.28. The molecule has 1 fully saturated rings. The van der Waals surface area contributed by atoms with Gasteiger partial charge in [-0.1, -0.05) is 13.8 Å². The Kier molecular flexibility index (Phi) is 4.55. The van der Waals surface area contributed by atoms with Crippen molar-refractivity contribution < 1.29 is 8.42 Å². The van der Waals surface area contributed by atoms with Gasteiger partial charge in [0.1, 0.15) is 0 Å². The first-order valence-electron chi connectivity index (χ1n) is 5.73. The van der Waals surface area contributed by atoms with E-state index < -0.39 is 10.0 Å². The fourth-order valence-corrected chi connectivity index (χ4v) is 3.65. The zero-order valence-corrected chi connectivity index (χ0v) is 10.8. The maximum absolute atomic E-state index is 11.8. The molecule has 0 aromatic heterocycles. The minimum atomic E-state index is -2.99. The monoisotopic (exact) mass is 234 g/mol. The van der Waals surface area contributed by atoms with E-state index in [0.717, 1.165) is 13.1 Å². The average Bonchev–Trinajstić information content (AvgIpc) is 2.17. The maximum Gasteiger partial charge on any atom is 0.214 e. The highest BCUT2D eigenvalue weighted by Crippen LogP contribution is 2.13. The first kappa shape index (κ1) is 12.9. The second-order valence-electron chi connectivity index (χ2n) is 4.15. The number of hydrogen-bond acceptors (Lipinski definition) is 3. The van der Waals surface area contributed by atoms with Crippen LogP contribution in [0.1, 0.15) is 27.2 Å². The summed E-state index contributed by atoms with van der Waals surface area (Å²) in [6, 6.07) is 0.343. The number of likely N-dealkylation sites (N-methyl/N-ethyl adjacent to an activating group) is 1. The lowest BCUT2D eigenvalue weighted by Gasteiger charge is -2.38. The Morgan fingerprint density at radius 3 is 2.40 bits per heavy atom. The molecule has 0 aromatic rings. The quantitative estimate of drug-likeness (QED) is 0.721. The molecule has 5 heteroatoms. The Hall–Kier alpha value is -0.130. The predicted molar refractivity (Wildman–Crippen MR) is 62.4 cm³/mol. The average molecular weight is 234 g/mol. The molecule has 15 heavy (non-hydrogen) atoms. The van der Waals surface area contributed by atoms with E-state index in [2.05, 4.69) is 18.7 Å². The lowest BCUT2D eigenvalue weighted by atomic mass is 10.2. The summed E-state index contributed by atoms with van der Waals surface area (Å²) in [5.74, 6) is 0.284. The zero-order chi connectivity index (χ0) is 11.5. The third-order valence-electron chi connectivity index (χ3n) is 2.99. The molecule has 1 unspecified atom stereocenters. The summed E-state index contributed by atoms with van der Waals surface area (Å²) in [7, 11) is -2.99. The second kappa shape index (κ2) is 5.27. The van der Waals surface area contributed by atoms with Crippen LogP contribution in [-0.2, 0) is 10.0 Å². The van der Waals surface area contributed by atoms with Gasteiger partial charge in [0.05, 0.1) is 5.75 Å². The molecule has 0 radical (unpaired) electrons. The van der Waals surface area contributed by atoms with Crippen LogP contribution in [0.5, 0.6) is 0 Å². The summed E-state index contributed by atoms with van der Waals surface area (Å²) in [6.07, 6.45) is 0.699. The van der Waals surface area contributed by atoms with Crippen LogP contribution >= 0.6 is 0 Å². The molecule has 0 N–H and O–H groups in total. The standard InChI is InChI=1S/C10H22N2O2S/c1-4-8-15(13,14)12-7-6-11(5-2)10(3)9-12/h10H,4-9H2,1-3H3. The van der Waals surface area contributed by atoms with Gasteiger partial charge in [-0.05, 0) is 19.9 Å². The normalized spacial score (nSPS) is 25.7. The topological polar surface area (TPSA) is 40.6 Å². The number of rotatable bonds is 4. The Bertz CT molecular complexity index is 290. The zero-order valence-electron chi connectivity index (χ0n) is 9.94. The number of nitrogens with zero attached hydrogens (tertiary/aromatic N) is 2. The lowest BCUT2D eigenvalue weighted by Crippen LogP contribution is -2.53. The predicted octanol–water partition coefficient (Wildman–Crippen LogP) is 0.752. The van der Waals surface area contributed by atoms with Crippen LogP contribution in [0.4, 0.5) is 0 Å². The summed E-state index contributed by atoms with van der Waals surface area (Å²) >= 11 is 0. The van der Waals surface area contributed by atoms with E-state index >= 15 is 0 Å². The molecule has 1 heterocycles. The second-order valence-corrected chi connectivity index (χ2v) is 6.24. The van der Waals surface area contributed by atoms with Crippen molar-refractivity contribution in [2.75, 3.05) is 31.9 Å². The van der Waals surface area contributed by atoms with Gasteiger partial charge in [0.25, 0.3) is 0 Å². The maximum atomic E-state index is 11.8. The van der Waals surface area contributed by atoms with Gasteiger partial charge in [0.2, 0.25) is 10.0 Å². The summed E-state index contributed by atoms with van der Waals surface area (Å²) in [5.41, 5.74) is 0. The Labute approximate surface area is 93.3 Å². The van der Waals surface area contributed by atoms with Crippen molar-refractivity contribution in [3.05, 3.63) is 0 Å². The van der Waals surface area contributed by atoms with Gasteiger partial charge >= 0.3 is 0 Å². The molecule has 1 aliphatic rings. The Morgan fingerprint density at radius 1 is 1.27 bits per heavy atom. The number of piperazine rings is 1. The van der Waals surface area contributed by atoms with E-state index in [9.17, 15) is 8.42 Å². The fraction of sp³-hybridized carbons (Fsp3) is 1.00. The van der Waals surface area contributed by atoms with Crippen molar-refractivity contribution >= 4 is 10.0 Å². The molecular formula is C10H22N2O2S. The molecule has 1 aliphatic heterocycles. The SMILES string of the molecule is CCCS(=O)(=O)N1CCN(CC)C(C)C1. The van der Waals surface area contributed by atoms with Gasteiger partial charge < -0.3 is 0 Å². The van der Waals surface area contributed by atoms with Gasteiger partial charge in [-0.3, -0.25) is 4.90 Å². The van der Waals surface area contributed by atoms with Crippen molar-refractivity contribution in [1.82, 2.24) is 9.21 Å². The van der Waals surface area contributed by atoms with Gasteiger partial charge in [-0.25, -0.2) is 8.42 Å². The van der Waals surface area contributed by atoms with Crippen LogP contribution in [0.2, 0.25) is 0 Å². The van der Waals surface area contributed by atoms with Gasteiger partial charge in [0, 0.05) is 25.7 Å². The molecule has 1 saturated heterocycles. The van der Waals surface area contributed by atoms with Crippen molar-refractivity contribution in [3.63, 3.8) is 0 Å². The summed E-state index contributed by atoms with van der Waals surface area (Å²) in [4.78, 5) is 2.32. The van der Waals surface area contributed by atoms with Crippen LogP contribution in [0.25, 0.3) is 0 Å². The molecule has 0 saturated carbocycles. The number of sulfonamides is 1. The lowest BCUT2D eigenvalue weighted by molar-refractivity contribution is 0.135. The van der Waals surface area contributed by atoms with Gasteiger partial charge in [0.15, 0.2) is 0 Å². The molecular weight excluding hydrogens is 212 g/mol. The Morgan fingerprint density at radius 2 is 1.93 bits per heavy atom. The van der Waals surface area contributed by atoms with E-state index in [1.165, 1.54) is 0 Å². The molecule has 0 spiro atoms. The Balaban J connectivity index is 2.61. The van der Waals surface area contributed by atoms with Crippen molar-refractivity contribution in [2.24, 2.45) is 0 Å². The summed E-state index contributed by atoms with van der Waals surface area (Å²) in [5, 5.41) is 0. The summed E-state index contributed by atoms with van der Waals surface area (Å²) < 4.78 is 25.3. The van der Waals surface area contributed by atoms with Crippen molar-refractivity contribution in [3.8, 4) is 0 Å². The molecule has 0 aromatic carbocycles. The molecule has 4 nitrogen and oxygen atoms in total. The smallest absolute Gasteiger partial charge is 0.214 e. The van der Waals surface area contributed by atoms with Gasteiger partial charge in [-0.15, -0.1) is 0 Å². The van der Waals surface area contributed by atoms with E-state index in [1.807, 2.05) is 6.92 Å². The van der Waals surface area contributed by atoms with E-state index in [1.54, 1.807) is 4.31 Å². The highest BCUT2D eigenvalue weighted by molar-refractivity contribution is 7.89. The van der Waals surface area contributed by atoms with Crippen LogP contribution in [0.15, 0.2) is 0 Å². The van der Waals surface area contributed by atoms with E-state index in [4.69, 9.17) is 0 Å². The number of hydrogen-bond donors (Lipinski definition) is 0. The molecule has 1 atom stereocenters. The minimum absolute atomic E-state index is 0.284. The third kappa shape index (κ3) is 3.16. The molecule has 1 rings (SSSR count). The van der Waals surface area contributed by atoms with E-state index in [-0.39, 0.29) is 5.75 Å².